The summed E-state index contributed by atoms with van der Waals surface area (Å²) in [5, 5.41) is 3.92. The van der Waals surface area contributed by atoms with E-state index in [4.69, 9.17) is 0 Å². The summed E-state index contributed by atoms with van der Waals surface area (Å²) in [6.45, 7) is 5.26. The average molecular weight is 328 g/mol. The van der Waals surface area contributed by atoms with Crippen LogP contribution in [0.15, 0.2) is 22.9 Å². The van der Waals surface area contributed by atoms with Gasteiger partial charge in [-0.2, -0.15) is 0 Å². The van der Waals surface area contributed by atoms with E-state index < -0.39 is 0 Å². The van der Waals surface area contributed by atoms with E-state index in [-0.39, 0.29) is 5.91 Å². The van der Waals surface area contributed by atoms with Gasteiger partial charge in [0.25, 0.3) is 5.91 Å². The Morgan fingerprint density at radius 3 is 3.00 bits per heavy atom. The summed E-state index contributed by atoms with van der Waals surface area (Å²) in [5.74, 6) is -0.0615. The monoisotopic (exact) mass is 327 g/mol. The van der Waals surface area contributed by atoms with Crippen LogP contribution in [0.25, 0.3) is 0 Å². The number of thiazole rings is 1. The van der Waals surface area contributed by atoms with E-state index in [1.54, 1.807) is 17.5 Å². The van der Waals surface area contributed by atoms with Gasteiger partial charge in [-0.25, -0.2) is 4.98 Å². The molecule has 0 radical (unpaired) electrons. The van der Waals surface area contributed by atoms with Gasteiger partial charge >= 0.3 is 0 Å². The van der Waals surface area contributed by atoms with Gasteiger partial charge in [-0.15, -0.1) is 11.3 Å². The number of hydrogen-bond donors (Lipinski definition) is 1. The molecule has 4 nitrogen and oxygen atoms in total. The molecule has 18 heavy (non-hydrogen) atoms. The average Bonchev–Trinajstić information content (AvgIpc) is 2.92. The molecule has 1 N–H and O–H groups in total. The zero-order valence-corrected chi connectivity index (χ0v) is 12.6. The fourth-order valence-electron chi connectivity index (χ4n) is 1.67. The molecule has 0 aliphatic carbocycles. The molecule has 1 amide bonds. The lowest BCUT2D eigenvalue weighted by molar-refractivity contribution is 0.0942. The van der Waals surface area contributed by atoms with Crippen molar-refractivity contribution in [1.29, 1.82) is 0 Å². The van der Waals surface area contributed by atoms with Crippen molar-refractivity contribution in [2.75, 3.05) is 0 Å². The highest BCUT2D eigenvalue weighted by Gasteiger charge is 2.12. The number of amides is 1. The number of aryl methyl sites for hydroxylation is 2. The second-order valence-electron chi connectivity index (χ2n) is 3.86. The summed E-state index contributed by atoms with van der Waals surface area (Å²) in [7, 11) is 0. The molecule has 0 saturated carbocycles. The van der Waals surface area contributed by atoms with Crippen LogP contribution in [-0.4, -0.2) is 15.5 Å². The van der Waals surface area contributed by atoms with Gasteiger partial charge in [-0.05, 0) is 35.8 Å². The summed E-state index contributed by atoms with van der Waals surface area (Å²) in [6.07, 6.45) is 3.71. The normalized spacial score (nSPS) is 10.6. The van der Waals surface area contributed by atoms with Gasteiger partial charge in [0.05, 0.1) is 11.6 Å². The lowest BCUT2D eigenvalue weighted by Crippen LogP contribution is -2.24. The standard InChI is InChI=1S/C12H14BrN3OS/c1-3-16-7-9(13)4-11(16)12(17)15-6-10-5-14-8(2)18-10/h4-5,7H,3,6H2,1-2H3,(H,15,17). The summed E-state index contributed by atoms with van der Waals surface area (Å²) in [6, 6.07) is 1.83. The van der Waals surface area contributed by atoms with Gasteiger partial charge in [0.2, 0.25) is 0 Å². The first-order valence-corrected chi connectivity index (χ1v) is 7.26. The molecule has 0 bridgehead atoms. The predicted octanol–water partition coefficient (Wildman–Crippen LogP) is 2.97. The Labute approximate surface area is 118 Å². The van der Waals surface area contributed by atoms with E-state index in [1.165, 1.54) is 0 Å². The van der Waals surface area contributed by atoms with Gasteiger partial charge < -0.3 is 9.88 Å². The van der Waals surface area contributed by atoms with Crippen LogP contribution in [0.1, 0.15) is 27.3 Å². The van der Waals surface area contributed by atoms with Gasteiger partial charge in [-0.1, -0.05) is 0 Å². The van der Waals surface area contributed by atoms with Gasteiger partial charge in [0.1, 0.15) is 5.69 Å². The lowest BCUT2D eigenvalue weighted by Gasteiger charge is -2.06. The number of hydrogen-bond acceptors (Lipinski definition) is 3. The van der Waals surface area contributed by atoms with Crippen molar-refractivity contribution in [3.05, 3.63) is 38.5 Å². The summed E-state index contributed by atoms with van der Waals surface area (Å²) in [5.41, 5.74) is 0.672. The number of carbonyl (C=O) groups is 1. The first-order chi connectivity index (χ1) is 8.60. The molecule has 0 saturated heterocycles. The van der Waals surface area contributed by atoms with Crippen LogP contribution >= 0.6 is 27.3 Å². The Hall–Kier alpha value is -1.14. The highest BCUT2D eigenvalue weighted by molar-refractivity contribution is 9.10. The van der Waals surface area contributed by atoms with Crippen LogP contribution in [0.3, 0.4) is 0 Å². The second-order valence-corrected chi connectivity index (χ2v) is 6.09. The molecule has 2 aromatic rings. The van der Waals surface area contributed by atoms with Crippen molar-refractivity contribution in [1.82, 2.24) is 14.9 Å². The molecule has 0 aromatic carbocycles. The minimum atomic E-state index is -0.0615. The number of nitrogens with zero attached hydrogens (tertiary/aromatic N) is 2. The minimum absolute atomic E-state index is 0.0615. The topological polar surface area (TPSA) is 46.9 Å². The Balaban J connectivity index is 2.03. The SMILES string of the molecule is CCn1cc(Br)cc1C(=O)NCc1cnc(C)s1. The molecule has 0 atom stereocenters. The van der Waals surface area contributed by atoms with Crippen molar-refractivity contribution in [2.45, 2.75) is 26.9 Å². The van der Waals surface area contributed by atoms with E-state index >= 15 is 0 Å². The molecular formula is C12H14BrN3OS. The number of halogens is 1. The molecule has 2 heterocycles. The third kappa shape index (κ3) is 3.00. The Morgan fingerprint density at radius 2 is 2.39 bits per heavy atom. The van der Waals surface area contributed by atoms with E-state index in [9.17, 15) is 4.79 Å². The van der Waals surface area contributed by atoms with Crippen LogP contribution < -0.4 is 5.32 Å². The zero-order chi connectivity index (χ0) is 13.1. The first-order valence-electron chi connectivity index (χ1n) is 5.65. The van der Waals surface area contributed by atoms with Crippen LogP contribution in [0.2, 0.25) is 0 Å². The molecule has 0 fully saturated rings. The molecular weight excluding hydrogens is 314 g/mol. The molecule has 0 aliphatic heterocycles. The van der Waals surface area contributed by atoms with Crippen molar-refractivity contribution in [2.24, 2.45) is 0 Å². The van der Waals surface area contributed by atoms with Crippen LogP contribution in [0.5, 0.6) is 0 Å². The van der Waals surface area contributed by atoms with E-state index in [0.29, 0.717) is 12.2 Å². The highest BCUT2D eigenvalue weighted by atomic mass is 79.9. The maximum Gasteiger partial charge on any atom is 0.268 e. The van der Waals surface area contributed by atoms with Crippen molar-refractivity contribution in [3.8, 4) is 0 Å². The molecule has 6 heteroatoms. The molecule has 2 aromatic heterocycles. The van der Waals surface area contributed by atoms with Crippen LogP contribution in [-0.2, 0) is 13.1 Å². The molecule has 0 aliphatic rings. The summed E-state index contributed by atoms with van der Waals surface area (Å²) in [4.78, 5) is 17.3. The predicted molar refractivity (Wildman–Crippen MR) is 75.8 cm³/mol. The van der Waals surface area contributed by atoms with Crippen molar-refractivity contribution >= 4 is 33.2 Å². The van der Waals surface area contributed by atoms with E-state index in [0.717, 1.165) is 20.9 Å². The maximum absolute atomic E-state index is 12.0. The zero-order valence-electron chi connectivity index (χ0n) is 10.2. The van der Waals surface area contributed by atoms with Crippen molar-refractivity contribution in [3.63, 3.8) is 0 Å². The molecule has 2 rings (SSSR count). The lowest BCUT2D eigenvalue weighted by atomic mass is 10.4. The van der Waals surface area contributed by atoms with E-state index in [1.807, 2.05) is 30.7 Å². The highest BCUT2D eigenvalue weighted by Crippen LogP contribution is 2.15. The third-order valence-electron chi connectivity index (χ3n) is 2.53. The second kappa shape index (κ2) is 5.67. The van der Waals surface area contributed by atoms with Crippen molar-refractivity contribution < 1.29 is 4.79 Å². The Morgan fingerprint density at radius 1 is 1.61 bits per heavy atom. The number of nitrogens with one attached hydrogen (secondary N) is 1. The van der Waals surface area contributed by atoms with Gasteiger partial charge in [-0.3, -0.25) is 4.79 Å². The molecule has 0 spiro atoms. The van der Waals surface area contributed by atoms with Gasteiger partial charge in [0.15, 0.2) is 0 Å². The Kier molecular flexibility index (Phi) is 4.19. The maximum atomic E-state index is 12.0. The number of carbonyl (C=O) groups excluding carboxylic acids is 1. The Bertz CT molecular complexity index is 561. The fourth-order valence-corrected chi connectivity index (χ4v) is 2.87. The van der Waals surface area contributed by atoms with Crippen LogP contribution in [0.4, 0.5) is 0 Å². The number of rotatable bonds is 4. The van der Waals surface area contributed by atoms with Gasteiger partial charge in [0, 0.05) is 28.3 Å². The molecule has 0 unspecified atom stereocenters. The summed E-state index contributed by atoms with van der Waals surface area (Å²) < 4.78 is 2.83. The first kappa shape index (κ1) is 13.3. The molecule has 96 valence electrons. The largest absolute Gasteiger partial charge is 0.346 e. The fraction of sp³-hybridized carbons (Fsp3) is 0.333. The summed E-state index contributed by atoms with van der Waals surface area (Å²) >= 11 is 4.98. The quantitative estimate of drug-likeness (QED) is 0.938. The van der Waals surface area contributed by atoms with E-state index in [2.05, 4.69) is 26.2 Å². The minimum Gasteiger partial charge on any atom is -0.346 e. The number of aromatic nitrogens is 2. The third-order valence-corrected chi connectivity index (χ3v) is 3.88. The van der Waals surface area contributed by atoms with Crippen LogP contribution in [0, 0.1) is 6.92 Å². The smallest absolute Gasteiger partial charge is 0.268 e.